The fraction of sp³-hybridized carbons (Fsp3) is 0.286. The van der Waals surface area contributed by atoms with E-state index in [0.717, 1.165) is 31.5 Å². The average Bonchev–Trinajstić information content (AvgIpc) is 3.47. The second-order valence-electron chi connectivity index (χ2n) is 7.06. The van der Waals surface area contributed by atoms with E-state index in [-0.39, 0.29) is 11.8 Å². The van der Waals surface area contributed by atoms with Gasteiger partial charge in [-0.3, -0.25) is 9.59 Å². The van der Waals surface area contributed by atoms with Gasteiger partial charge < -0.3 is 10.2 Å². The van der Waals surface area contributed by atoms with Crippen molar-refractivity contribution in [3.05, 3.63) is 72.1 Å². The van der Waals surface area contributed by atoms with Crippen molar-refractivity contribution < 1.29 is 9.59 Å². The summed E-state index contributed by atoms with van der Waals surface area (Å²) >= 11 is 0. The van der Waals surface area contributed by atoms with Crippen molar-refractivity contribution >= 4 is 17.5 Å². The van der Waals surface area contributed by atoms with Crippen LogP contribution in [0.5, 0.6) is 0 Å². The van der Waals surface area contributed by atoms with Crippen LogP contribution in [0.2, 0.25) is 0 Å². The van der Waals surface area contributed by atoms with Crippen LogP contribution in [0.15, 0.2) is 60.9 Å². The molecule has 1 aliphatic rings. The molecule has 1 aliphatic heterocycles. The minimum Gasteiger partial charge on any atom is -0.339 e. The number of likely N-dealkylation sites (tertiary alicyclic amines) is 1. The number of anilines is 1. The molecule has 0 aliphatic carbocycles. The van der Waals surface area contributed by atoms with Gasteiger partial charge in [0.2, 0.25) is 5.91 Å². The van der Waals surface area contributed by atoms with Crippen LogP contribution in [-0.4, -0.2) is 50.0 Å². The highest BCUT2D eigenvalue weighted by Gasteiger charge is 2.23. The Kier molecular flexibility index (Phi) is 5.60. The molecule has 0 bridgehead atoms. The third-order valence-corrected chi connectivity index (χ3v) is 5.05. The van der Waals surface area contributed by atoms with Gasteiger partial charge >= 0.3 is 0 Å². The molecule has 1 atom stereocenters. The maximum atomic E-state index is 12.9. The molecule has 0 unspecified atom stereocenters. The van der Waals surface area contributed by atoms with E-state index in [1.165, 1.54) is 11.0 Å². The van der Waals surface area contributed by atoms with Crippen molar-refractivity contribution in [2.24, 2.45) is 0 Å². The Hall–Kier alpha value is -3.55. The molecule has 1 fully saturated rings. The summed E-state index contributed by atoms with van der Waals surface area (Å²) in [5.74, 6) is -0.184. The zero-order chi connectivity index (χ0) is 20.1. The van der Waals surface area contributed by atoms with Gasteiger partial charge in [0.25, 0.3) is 5.91 Å². The van der Waals surface area contributed by atoms with Crippen LogP contribution in [0.1, 0.15) is 34.8 Å². The number of hydrogen-bond acceptors (Lipinski definition) is 5. The second-order valence-corrected chi connectivity index (χ2v) is 7.06. The Morgan fingerprint density at radius 1 is 1.00 bits per heavy atom. The van der Waals surface area contributed by atoms with Gasteiger partial charge in [0, 0.05) is 30.8 Å². The number of benzene rings is 2. The van der Waals surface area contributed by atoms with Crippen LogP contribution in [0.25, 0.3) is 0 Å². The lowest BCUT2D eigenvalue weighted by atomic mass is 10.1. The Bertz CT molecular complexity index is 951. The van der Waals surface area contributed by atoms with Gasteiger partial charge in [-0.05, 0) is 53.1 Å². The maximum Gasteiger partial charge on any atom is 0.253 e. The quantitative estimate of drug-likeness (QED) is 0.697. The summed E-state index contributed by atoms with van der Waals surface area (Å²) in [5, 5.41) is 14.1. The highest BCUT2D eigenvalue weighted by Crippen LogP contribution is 2.18. The summed E-state index contributed by atoms with van der Waals surface area (Å²) in [6.45, 7) is 1.62. The van der Waals surface area contributed by atoms with Crippen molar-refractivity contribution in [2.75, 3.05) is 18.4 Å². The smallest absolute Gasteiger partial charge is 0.253 e. The summed E-state index contributed by atoms with van der Waals surface area (Å²) in [5.41, 5.74) is 2.26. The zero-order valence-corrected chi connectivity index (χ0v) is 15.9. The summed E-state index contributed by atoms with van der Waals surface area (Å²) in [6, 6.07) is 16.1. The summed E-state index contributed by atoms with van der Waals surface area (Å²) in [4.78, 5) is 27.3. The predicted octanol–water partition coefficient (Wildman–Crippen LogP) is 2.33. The Labute approximate surface area is 168 Å². The third kappa shape index (κ3) is 4.48. The maximum absolute atomic E-state index is 12.9. The molecule has 8 nitrogen and oxygen atoms in total. The number of carbonyl (C=O) groups is 2. The molecule has 148 valence electrons. The van der Waals surface area contributed by atoms with Gasteiger partial charge in [-0.2, -0.15) is 0 Å². The van der Waals surface area contributed by atoms with E-state index in [9.17, 15) is 9.59 Å². The standard InChI is InChI=1S/C21H22N6O2/c28-20(19(27-15-22-24-25-27)14-16-6-2-1-3-7-16)23-18-10-8-17(9-11-18)21(29)26-12-4-5-13-26/h1-3,6-11,15,19H,4-5,12-14H2,(H,23,28)/t19-/m0/s1. The van der Waals surface area contributed by atoms with Crippen molar-refractivity contribution in [2.45, 2.75) is 25.3 Å². The van der Waals surface area contributed by atoms with Gasteiger partial charge in [-0.25, -0.2) is 4.68 Å². The molecule has 2 heterocycles. The molecule has 2 amide bonds. The number of carbonyl (C=O) groups excluding carboxylic acids is 2. The van der Waals surface area contributed by atoms with Gasteiger partial charge in [0.15, 0.2) is 0 Å². The van der Waals surface area contributed by atoms with Crippen LogP contribution in [0.3, 0.4) is 0 Å². The molecule has 2 aromatic carbocycles. The van der Waals surface area contributed by atoms with Gasteiger partial charge in [0.05, 0.1) is 0 Å². The summed E-state index contributed by atoms with van der Waals surface area (Å²) < 4.78 is 1.45. The van der Waals surface area contributed by atoms with E-state index >= 15 is 0 Å². The Morgan fingerprint density at radius 3 is 2.38 bits per heavy atom. The highest BCUT2D eigenvalue weighted by atomic mass is 16.2. The molecule has 3 aromatic rings. The lowest BCUT2D eigenvalue weighted by Crippen LogP contribution is -2.29. The van der Waals surface area contributed by atoms with E-state index in [1.807, 2.05) is 35.2 Å². The molecule has 0 radical (unpaired) electrons. The van der Waals surface area contributed by atoms with E-state index in [1.54, 1.807) is 24.3 Å². The SMILES string of the molecule is O=C(Nc1ccc(C(=O)N2CCCC2)cc1)[C@H](Cc1ccccc1)n1cnnn1. The zero-order valence-electron chi connectivity index (χ0n) is 15.9. The minimum absolute atomic E-state index is 0.0380. The lowest BCUT2D eigenvalue weighted by molar-refractivity contribution is -0.119. The lowest BCUT2D eigenvalue weighted by Gasteiger charge is -2.17. The number of amides is 2. The first-order valence-corrected chi connectivity index (χ1v) is 9.67. The van der Waals surface area contributed by atoms with Gasteiger partial charge in [-0.1, -0.05) is 30.3 Å². The molecular formula is C21H22N6O2. The molecule has 1 N–H and O–H groups in total. The predicted molar refractivity (Wildman–Crippen MR) is 107 cm³/mol. The van der Waals surface area contributed by atoms with Crippen LogP contribution >= 0.6 is 0 Å². The number of tetrazole rings is 1. The number of rotatable bonds is 6. The Balaban J connectivity index is 1.46. The topological polar surface area (TPSA) is 93.0 Å². The average molecular weight is 390 g/mol. The monoisotopic (exact) mass is 390 g/mol. The van der Waals surface area contributed by atoms with E-state index in [2.05, 4.69) is 20.8 Å². The highest BCUT2D eigenvalue weighted by molar-refractivity contribution is 5.96. The first kappa shape index (κ1) is 18.8. The normalized spacial score (nSPS) is 14.6. The van der Waals surface area contributed by atoms with Gasteiger partial charge in [-0.15, -0.1) is 5.10 Å². The van der Waals surface area contributed by atoms with Gasteiger partial charge in [0.1, 0.15) is 12.4 Å². The van der Waals surface area contributed by atoms with Crippen LogP contribution < -0.4 is 5.32 Å². The minimum atomic E-state index is -0.585. The third-order valence-electron chi connectivity index (χ3n) is 5.05. The first-order valence-electron chi connectivity index (χ1n) is 9.67. The summed E-state index contributed by atoms with van der Waals surface area (Å²) in [6.07, 6.45) is 4.01. The van der Waals surface area contributed by atoms with Crippen LogP contribution in [0.4, 0.5) is 5.69 Å². The van der Waals surface area contributed by atoms with Crippen molar-refractivity contribution in [1.82, 2.24) is 25.1 Å². The fourth-order valence-corrected chi connectivity index (χ4v) is 3.48. The molecule has 1 saturated heterocycles. The summed E-state index contributed by atoms with van der Waals surface area (Å²) in [7, 11) is 0. The first-order chi connectivity index (χ1) is 14.2. The van der Waals surface area contributed by atoms with E-state index in [0.29, 0.717) is 17.7 Å². The van der Waals surface area contributed by atoms with Crippen LogP contribution in [-0.2, 0) is 11.2 Å². The fourth-order valence-electron chi connectivity index (χ4n) is 3.48. The van der Waals surface area contributed by atoms with E-state index in [4.69, 9.17) is 0 Å². The Morgan fingerprint density at radius 2 is 1.72 bits per heavy atom. The molecule has 1 aromatic heterocycles. The molecule has 8 heteroatoms. The second kappa shape index (κ2) is 8.64. The van der Waals surface area contributed by atoms with Crippen LogP contribution in [0, 0.1) is 0 Å². The number of nitrogens with zero attached hydrogens (tertiary/aromatic N) is 5. The number of hydrogen-bond donors (Lipinski definition) is 1. The molecule has 4 rings (SSSR count). The van der Waals surface area contributed by atoms with Crippen molar-refractivity contribution in [1.29, 1.82) is 0 Å². The molecule has 0 spiro atoms. The van der Waals surface area contributed by atoms with Crippen molar-refractivity contribution in [3.8, 4) is 0 Å². The van der Waals surface area contributed by atoms with Crippen molar-refractivity contribution in [3.63, 3.8) is 0 Å². The molecular weight excluding hydrogens is 368 g/mol. The largest absolute Gasteiger partial charge is 0.339 e. The molecule has 0 saturated carbocycles. The van der Waals surface area contributed by atoms with E-state index < -0.39 is 6.04 Å². The molecule has 29 heavy (non-hydrogen) atoms. The number of aromatic nitrogens is 4. The number of nitrogens with one attached hydrogen (secondary N) is 1.